The molecule has 2 amide bonds. The Morgan fingerprint density at radius 2 is 1.58 bits per heavy atom. The standard InChI is InChI=1S/C31H29N3O3S/c35-30(33-29-18-27(34-38-29)21-11-8-12-21)28(17-20-9-2-1-3-10-20)32-31(36)37-19-26-24-15-6-4-13-22(24)23-14-5-7-16-25(23)26/h1-7,9-10,13-16,18,21,26,28H,8,11-12,17,19H2,(H,32,36)(H,33,35)/t28-/m1/s1. The van der Waals surface area contributed by atoms with Crippen LogP contribution in [0.15, 0.2) is 84.9 Å². The number of benzene rings is 3. The highest BCUT2D eigenvalue weighted by Crippen LogP contribution is 2.44. The van der Waals surface area contributed by atoms with Crippen LogP contribution >= 0.6 is 11.5 Å². The fourth-order valence-corrected chi connectivity index (χ4v) is 6.02. The number of anilines is 1. The van der Waals surface area contributed by atoms with Gasteiger partial charge in [-0.2, -0.15) is 4.37 Å². The first-order valence-corrected chi connectivity index (χ1v) is 13.9. The topological polar surface area (TPSA) is 80.3 Å². The van der Waals surface area contributed by atoms with Crippen molar-refractivity contribution < 1.29 is 14.3 Å². The van der Waals surface area contributed by atoms with Gasteiger partial charge >= 0.3 is 6.09 Å². The molecule has 1 saturated carbocycles. The summed E-state index contributed by atoms with van der Waals surface area (Å²) in [6, 6.07) is 27.3. The Hall–Kier alpha value is -3.97. The fourth-order valence-electron chi connectivity index (χ4n) is 5.29. The van der Waals surface area contributed by atoms with Crippen molar-refractivity contribution in [2.45, 2.75) is 43.6 Å². The highest BCUT2D eigenvalue weighted by atomic mass is 32.1. The Bertz CT molecular complexity index is 1400. The van der Waals surface area contributed by atoms with E-state index in [9.17, 15) is 9.59 Å². The molecular weight excluding hydrogens is 494 g/mol. The minimum Gasteiger partial charge on any atom is -0.449 e. The molecule has 0 bridgehead atoms. The van der Waals surface area contributed by atoms with Gasteiger partial charge in [0.25, 0.3) is 0 Å². The van der Waals surface area contributed by atoms with Crippen LogP contribution in [0.5, 0.6) is 0 Å². The molecule has 1 aromatic heterocycles. The zero-order chi connectivity index (χ0) is 25.9. The Labute approximate surface area is 226 Å². The smallest absolute Gasteiger partial charge is 0.407 e. The number of hydrogen-bond acceptors (Lipinski definition) is 5. The third-order valence-corrected chi connectivity index (χ3v) is 8.25. The second kappa shape index (κ2) is 10.8. The van der Waals surface area contributed by atoms with E-state index in [4.69, 9.17) is 4.74 Å². The quantitative estimate of drug-likeness (QED) is 0.276. The maximum absolute atomic E-state index is 13.3. The second-order valence-electron chi connectivity index (χ2n) is 9.95. The van der Waals surface area contributed by atoms with Crippen molar-refractivity contribution in [1.82, 2.24) is 9.69 Å². The van der Waals surface area contributed by atoms with Crippen LogP contribution in [0.2, 0.25) is 0 Å². The normalized spacial score (nSPS) is 15.2. The molecule has 6 rings (SSSR count). The molecule has 0 saturated heterocycles. The summed E-state index contributed by atoms with van der Waals surface area (Å²) >= 11 is 1.29. The average Bonchev–Trinajstić information content (AvgIpc) is 3.49. The highest BCUT2D eigenvalue weighted by Gasteiger charge is 2.30. The van der Waals surface area contributed by atoms with Crippen molar-refractivity contribution in [3.8, 4) is 11.1 Å². The number of nitrogens with zero attached hydrogens (tertiary/aromatic N) is 1. The van der Waals surface area contributed by atoms with E-state index in [2.05, 4.69) is 39.3 Å². The first kappa shape index (κ1) is 24.4. The summed E-state index contributed by atoms with van der Waals surface area (Å²) in [6.45, 7) is 0.194. The molecule has 0 aliphatic heterocycles. The lowest BCUT2D eigenvalue weighted by atomic mass is 9.83. The Kier molecular flexibility index (Phi) is 6.92. The van der Waals surface area contributed by atoms with Gasteiger partial charge in [0.05, 0.1) is 5.69 Å². The number of nitrogens with one attached hydrogen (secondary N) is 2. The van der Waals surface area contributed by atoms with Crippen molar-refractivity contribution in [2.24, 2.45) is 0 Å². The molecular formula is C31H29N3O3S. The Morgan fingerprint density at radius 3 is 2.24 bits per heavy atom. The second-order valence-corrected chi connectivity index (χ2v) is 10.8. The lowest BCUT2D eigenvalue weighted by molar-refractivity contribution is -0.118. The third kappa shape index (κ3) is 5.07. The lowest BCUT2D eigenvalue weighted by Crippen LogP contribution is -2.45. The maximum atomic E-state index is 13.3. The van der Waals surface area contributed by atoms with Gasteiger partial charge in [0, 0.05) is 18.3 Å². The first-order chi connectivity index (χ1) is 18.7. The van der Waals surface area contributed by atoms with Gasteiger partial charge in [0.2, 0.25) is 5.91 Å². The monoisotopic (exact) mass is 523 g/mol. The zero-order valence-corrected chi connectivity index (χ0v) is 21.7. The van der Waals surface area contributed by atoms with Gasteiger partial charge in [-0.1, -0.05) is 85.3 Å². The summed E-state index contributed by atoms with van der Waals surface area (Å²) < 4.78 is 10.2. The molecule has 0 spiro atoms. The van der Waals surface area contributed by atoms with Crippen LogP contribution in [0.3, 0.4) is 0 Å². The van der Waals surface area contributed by atoms with Crippen molar-refractivity contribution in [2.75, 3.05) is 11.9 Å². The van der Waals surface area contributed by atoms with E-state index in [0.29, 0.717) is 17.3 Å². The molecule has 2 aliphatic carbocycles. The van der Waals surface area contributed by atoms with Crippen LogP contribution < -0.4 is 10.6 Å². The molecule has 0 unspecified atom stereocenters. The number of carbonyl (C=O) groups excluding carboxylic acids is 2. The van der Waals surface area contributed by atoms with E-state index >= 15 is 0 Å². The number of alkyl carbamates (subject to hydrolysis) is 1. The van der Waals surface area contributed by atoms with Crippen molar-refractivity contribution in [1.29, 1.82) is 0 Å². The number of carbonyl (C=O) groups is 2. The van der Waals surface area contributed by atoms with Crippen LogP contribution in [-0.2, 0) is 16.0 Å². The summed E-state index contributed by atoms with van der Waals surface area (Å²) in [5, 5.41) is 6.48. The molecule has 1 atom stereocenters. The van der Waals surface area contributed by atoms with E-state index in [1.54, 1.807) is 0 Å². The predicted octanol–water partition coefficient (Wildman–Crippen LogP) is 6.50. The lowest BCUT2D eigenvalue weighted by Gasteiger charge is -2.22. The molecule has 4 aromatic rings. The zero-order valence-electron chi connectivity index (χ0n) is 20.9. The highest BCUT2D eigenvalue weighted by molar-refractivity contribution is 7.10. The van der Waals surface area contributed by atoms with E-state index in [-0.39, 0.29) is 18.4 Å². The molecule has 6 nitrogen and oxygen atoms in total. The van der Waals surface area contributed by atoms with Gasteiger partial charge in [-0.05, 0) is 58.3 Å². The molecule has 2 N–H and O–H groups in total. The first-order valence-electron chi connectivity index (χ1n) is 13.1. The Balaban J connectivity index is 1.14. The summed E-state index contributed by atoms with van der Waals surface area (Å²) in [6.07, 6.45) is 3.27. The van der Waals surface area contributed by atoms with E-state index in [1.165, 1.54) is 29.1 Å². The fraction of sp³-hybridized carbons (Fsp3) is 0.258. The van der Waals surface area contributed by atoms with E-state index in [0.717, 1.165) is 35.2 Å². The van der Waals surface area contributed by atoms with E-state index in [1.807, 2.05) is 60.7 Å². The molecule has 0 radical (unpaired) electrons. The molecule has 38 heavy (non-hydrogen) atoms. The molecule has 1 heterocycles. The SMILES string of the molecule is O=C(N[C@H](Cc1ccccc1)C(=O)Nc1cc(C2CCC2)ns1)OCC1c2ccccc2-c2ccccc21. The van der Waals surface area contributed by atoms with Gasteiger partial charge in [-0.3, -0.25) is 4.79 Å². The summed E-state index contributed by atoms with van der Waals surface area (Å²) in [5.41, 5.74) is 6.63. The van der Waals surface area contributed by atoms with E-state index < -0.39 is 12.1 Å². The van der Waals surface area contributed by atoms with Crippen LogP contribution in [0.25, 0.3) is 11.1 Å². The van der Waals surface area contributed by atoms with Crippen molar-refractivity contribution >= 4 is 28.5 Å². The van der Waals surface area contributed by atoms with Gasteiger partial charge < -0.3 is 15.4 Å². The predicted molar refractivity (Wildman–Crippen MR) is 149 cm³/mol. The average molecular weight is 524 g/mol. The van der Waals surface area contributed by atoms with Crippen LogP contribution in [0.4, 0.5) is 9.80 Å². The third-order valence-electron chi connectivity index (χ3n) is 7.53. The van der Waals surface area contributed by atoms with Crippen molar-refractivity contribution in [3.05, 3.63) is 107 Å². The number of rotatable bonds is 8. The summed E-state index contributed by atoms with van der Waals surface area (Å²) in [7, 11) is 0. The largest absolute Gasteiger partial charge is 0.449 e. The number of fused-ring (bicyclic) bond motifs is 3. The molecule has 192 valence electrons. The number of hydrogen-bond donors (Lipinski definition) is 2. The summed E-state index contributed by atoms with van der Waals surface area (Å²) in [5.74, 6) is 0.166. The van der Waals surface area contributed by atoms with Gasteiger partial charge in [0.1, 0.15) is 17.6 Å². The molecule has 7 heteroatoms. The minimum absolute atomic E-state index is 0.0448. The van der Waals surface area contributed by atoms with Gasteiger partial charge in [-0.25, -0.2) is 4.79 Å². The number of ether oxygens (including phenoxy) is 1. The maximum Gasteiger partial charge on any atom is 0.407 e. The van der Waals surface area contributed by atoms with Gasteiger partial charge in [0.15, 0.2) is 0 Å². The molecule has 3 aromatic carbocycles. The molecule has 1 fully saturated rings. The van der Waals surface area contributed by atoms with Crippen LogP contribution in [-0.4, -0.2) is 29.0 Å². The number of amides is 2. The van der Waals surface area contributed by atoms with Crippen molar-refractivity contribution in [3.63, 3.8) is 0 Å². The van der Waals surface area contributed by atoms with Crippen LogP contribution in [0, 0.1) is 0 Å². The summed E-state index contributed by atoms with van der Waals surface area (Å²) in [4.78, 5) is 26.3. The van der Waals surface area contributed by atoms with Gasteiger partial charge in [-0.15, -0.1) is 0 Å². The van der Waals surface area contributed by atoms with Crippen LogP contribution in [0.1, 0.15) is 53.5 Å². The molecule has 2 aliphatic rings. The Morgan fingerprint density at radius 1 is 0.921 bits per heavy atom. The minimum atomic E-state index is -0.790. The number of aromatic nitrogens is 1.